The molecule has 4 nitrogen and oxygen atoms in total. The van der Waals surface area contributed by atoms with Gasteiger partial charge in [-0.2, -0.15) is 0 Å². The summed E-state index contributed by atoms with van der Waals surface area (Å²) < 4.78 is 5.62. The van der Waals surface area contributed by atoms with Crippen molar-refractivity contribution in [3.05, 3.63) is 0 Å². The van der Waals surface area contributed by atoms with Gasteiger partial charge in [-0.05, 0) is 34.0 Å². The van der Waals surface area contributed by atoms with E-state index in [2.05, 4.69) is 43.1 Å². The molecule has 1 rings (SSSR count). The number of hydrogen-bond donors (Lipinski definition) is 1. The molecule has 0 aromatic rings. The van der Waals surface area contributed by atoms with E-state index in [1.807, 2.05) is 0 Å². The van der Waals surface area contributed by atoms with E-state index in [4.69, 9.17) is 4.74 Å². The molecule has 0 bridgehead atoms. The van der Waals surface area contributed by atoms with Crippen molar-refractivity contribution in [3.63, 3.8) is 0 Å². The highest BCUT2D eigenvalue weighted by Crippen LogP contribution is 2.10. The lowest BCUT2D eigenvalue weighted by Crippen LogP contribution is -2.60. The molecular weight excluding hydrogens is 214 g/mol. The SMILES string of the molecule is CCCNC(COCC)C1CN(C)CCN1C. The van der Waals surface area contributed by atoms with Crippen molar-refractivity contribution in [1.29, 1.82) is 0 Å². The fourth-order valence-corrected chi connectivity index (χ4v) is 2.36. The standard InChI is InChI=1S/C13H29N3O/c1-5-7-14-12(11-17-6-2)13-10-15(3)8-9-16(13)4/h12-14H,5-11H2,1-4H3. The van der Waals surface area contributed by atoms with Crippen LogP contribution in [0.3, 0.4) is 0 Å². The van der Waals surface area contributed by atoms with Crippen LogP contribution < -0.4 is 5.32 Å². The second-order valence-corrected chi connectivity index (χ2v) is 5.03. The third-order valence-electron chi connectivity index (χ3n) is 3.52. The molecule has 4 heteroatoms. The predicted octanol–water partition coefficient (Wildman–Crippen LogP) is 0.637. The monoisotopic (exact) mass is 243 g/mol. The summed E-state index contributed by atoms with van der Waals surface area (Å²) in [5.41, 5.74) is 0. The highest BCUT2D eigenvalue weighted by atomic mass is 16.5. The average Bonchev–Trinajstić information content (AvgIpc) is 2.33. The first-order chi connectivity index (χ1) is 8.19. The molecule has 0 radical (unpaired) electrons. The Bertz CT molecular complexity index is 193. The Kier molecular flexibility index (Phi) is 7.04. The summed E-state index contributed by atoms with van der Waals surface area (Å²) in [6.45, 7) is 10.4. The lowest BCUT2D eigenvalue weighted by Gasteiger charge is -2.42. The van der Waals surface area contributed by atoms with Crippen LogP contribution in [0.1, 0.15) is 20.3 Å². The van der Waals surface area contributed by atoms with Crippen molar-refractivity contribution >= 4 is 0 Å². The zero-order valence-corrected chi connectivity index (χ0v) is 11.9. The molecule has 102 valence electrons. The third kappa shape index (κ3) is 4.92. The minimum absolute atomic E-state index is 0.447. The molecule has 1 heterocycles. The van der Waals surface area contributed by atoms with Gasteiger partial charge in [0.15, 0.2) is 0 Å². The van der Waals surface area contributed by atoms with E-state index >= 15 is 0 Å². The molecule has 2 unspecified atom stereocenters. The summed E-state index contributed by atoms with van der Waals surface area (Å²) in [5.74, 6) is 0. The van der Waals surface area contributed by atoms with Crippen molar-refractivity contribution in [2.45, 2.75) is 32.4 Å². The minimum atomic E-state index is 0.447. The maximum Gasteiger partial charge on any atom is 0.0635 e. The van der Waals surface area contributed by atoms with Gasteiger partial charge in [0.05, 0.1) is 6.61 Å². The number of hydrogen-bond acceptors (Lipinski definition) is 4. The molecule has 2 atom stereocenters. The number of nitrogens with zero attached hydrogens (tertiary/aromatic N) is 2. The van der Waals surface area contributed by atoms with Crippen molar-refractivity contribution in [3.8, 4) is 0 Å². The van der Waals surface area contributed by atoms with Crippen LogP contribution in [0.5, 0.6) is 0 Å². The summed E-state index contributed by atoms with van der Waals surface area (Å²) in [4.78, 5) is 4.88. The van der Waals surface area contributed by atoms with E-state index < -0.39 is 0 Å². The van der Waals surface area contributed by atoms with Gasteiger partial charge in [0.25, 0.3) is 0 Å². The van der Waals surface area contributed by atoms with E-state index in [9.17, 15) is 0 Å². The number of nitrogens with one attached hydrogen (secondary N) is 1. The van der Waals surface area contributed by atoms with Gasteiger partial charge >= 0.3 is 0 Å². The van der Waals surface area contributed by atoms with Crippen LogP contribution >= 0.6 is 0 Å². The van der Waals surface area contributed by atoms with Gasteiger partial charge < -0.3 is 15.0 Å². The predicted molar refractivity (Wildman–Crippen MR) is 72.5 cm³/mol. The summed E-state index contributed by atoms with van der Waals surface area (Å²) in [5, 5.41) is 3.63. The second kappa shape index (κ2) is 8.03. The fourth-order valence-electron chi connectivity index (χ4n) is 2.36. The highest BCUT2D eigenvalue weighted by molar-refractivity contribution is 4.88. The highest BCUT2D eigenvalue weighted by Gasteiger charge is 2.29. The number of rotatable bonds is 7. The van der Waals surface area contributed by atoms with Crippen LogP contribution in [-0.4, -0.2) is 75.4 Å². The van der Waals surface area contributed by atoms with Gasteiger partial charge in [0, 0.05) is 38.3 Å². The van der Waals surface area contributed by atoms with Gasteiger partial charge in [0.2, 0.25) is 0 Å². The smallest absolute Gasteiger partial charge is 0.0635 e. The zero-order valence-electron chi connectivity index (χ0n) is 11.9. The van der Waals surface area contributed by atoms with E-state index in [0.29, 0.717) is 12.1 Å². The first kappa shape index (κ1) is 14.9. The molecule has 1 N–H and O–H groups in total. The van der Waals surface area contributed by atoms with Gasteiger partial charge in [-0.25, -0.2) is 0 Å². The Balaban J connectivity index is 2.52. The molecule has 0 aromatic heterocycles. The molecule has 0 aromatic carbocycles. The molecular formula is C13H29N3O. The largest absolute Gasteiger partial charge is 0.380 e. The van der Waals surface area contributed by atoms with Crippen LogP contribution in [0, 0.1) is 0 Å². The Morgan fingerprint density at radius 3 is 2.71 bits per heavy atom. The van der Waals surface area contributed by atoms with E-state index in [-0.39, 0.29) is 0 Å². The Morgan fingerprint density at radius 2 is 2.06 bits per heavy atom. The van der Waals surface area contributed by atoms with E-state index in [1.165, 1.54) is 13.0 Å². The fraction of sp³-hybridized carbons (Fsp3) is 1.00. The molecule has 0 aliphatic carbocycles. The summed E-state index contributed by atoms with van der Waals surface area (Å²) in [6, 6.07) is 1.01. The average molecular weight is 243 g/mol. The Morgan fingerprint density at radius 1 is 1.29 bits per heavy atom. The maximum absolute atomic E-state index is 5.62. The van der Waals surface area contributed by atoms with Crippen LogP contribution in [-0.2, 0) is 4.74 Å². The maximum atomic E-state index is 5.62. The van der Waals surface area contributed by atoms with Crippen LogP contribution in [0.4, 0.5) is 0 Å². The number of piperazine rings is 1. The van der Waals surface area contributed by atoms with Crippen molar-refractivity contribution < 1.29 is 4.74 Å². The van der Waals surface area contributed by atoms with Crippen LogP contribution in [0.2, 0.25) is 0 Å². The van der Waals surface area contributed by atoms with Crippen molar-refractivity contribution in [1.82, 2.24) is 15.1 Å². The topological polar surface area (TPSA) is 27.7 Å². The van der Waals surface area contributed by atoms with Crippen molar-refractivity contribution in [2.24, 2.45) is 0 Å². The summed E-state index contributed by atoms with van der Waals surface area (Å²) in [6.07, 6.45) is 1.18. The van der Waals surface area contributed by atoms with Crippen molar-refractivity contribution in [2.75, 3.05) is 53.5 Å². The van der Waals surface area contributed by atoms with Crippen LogP contribution in [0.15, 0.2) is 0 Å². The molecule has 17 heavy (non-hydrogen) atoms. The minimum Gasteiger partial charge on any atom is -0.380 e. The Labute approximate surface area is 106 Å². The van der Waals surface area contributed by atoms with Gasteiger partial charge in [-0.15, -0.1) is 0 Å². The lowest BCUT2D eigenvalue weighted by atomic mass is 10.0. The zero-order chi connectivity index (χ0) is 12.7. The molecule has 1 fully saturated rings. The summed E-state index contributed by atoms with van der Waals surface area (Å²) in [7, 11) is 4.43. The number of likely N-dealkylation sites (N-methyl/N-ethyl adjacent to an activating group) is 2. The second-order valence-electron chi connectivity index (χ2n) is 5.03. The molecule has 0 amide bonds. The van der Waals surface area contributed by atoms with Gasteiger partial charge in [-0.3, -0.25) is 4.90 Å². The van der Waals surface area contributed by atoms with E-state index in [1.54, 1.807) is 0 Å². The normalized spacial score (nSPS) is 25.1. The first-order valence-electron chi connectivity index (χ1n) is 6.88. The molecule has 1 aliphatic rings. The molecule has 0 spiro atoms. The first-order valence-corrected chi connectivity index (χ1v) is 6.88. The quantitative estimate of drug-likeness (QED) is 0.710. The number of ether oxygens (including phenoxy) is 1. The van der Waals surface area contributed by atoms with Gasteiger partial charge in [0.1, 0.15) is 0 Å². The molecule has 1 aliphatic heterocycles. The Hall–Kier alpha value is -0.160. The van der Waals surface area contributed by atoms with Crippen LogP contribution in [0.25, 0.3) is 0 Å². The summed E-state index contributed by atoms with van der Waals surface area (Å²) >= 11 is 0. The van der Waals surface area contributed by atoms with E-state index in [0.717, 1.165) is 32.8 Å². The molecule has 1 saturated heterocycles. The van der Waals surface area contributed by atoms with Gasteiger partial charge in [-0.1, -0.05) is 6.92 Å². The third-order valence-corrected chi connectivity index (χ3v) is 3.52. The molecule has 0 saturated carbocycles. The lowest BCUT2D eigenvalue weighted by molar-refractivity contribution is 0.0435.